The standard InChI is InChI=1S/C15H11ClN4O2S/c1-20-13-8-7-10(16)9-12(13)14(18-17)15(20)19-23(21,22)11-5-3-2-4-6-11/h2-9H,1H3. The maximum absolute atomic E-state index is 12.4. The Morgan fingerprint density at radius 2 is 1.87 bits per heavy atom. The van der Waals surface area contributed by atoms with E-state index in [0.717, 1.165) is 0 Å². The SMILES string of the molecule is CN1C(=NS(=O)(=O)c2ccccc2)C(=[N+]=[N-])c2cc(Cl)ccc21. The van der Waals surface area contributed by atoms with Crippen LogP contribution in [0, 0.1) is 0 Å². The molecule has 8 heteroatoms. The molecule has 0 spiro atoms. The second-order valence-corrected chi connectivity index (χ2v) is 6.91. The smallest absolute Gasteiger partial charge is 0.361 e. The van der Waals surface area contributed by atoms with Crippen molar-refractivity contribution in [3.63, 3.8) is 0 Å². The molecule has 23 heavy (non-hydrogen) atoms. The lowest BCUT2D eigenvalue weighted by molar-refractivity contribution is -0.000201. The fraction of sp³-hybridized carbons (Fsp3) is 0.0667. The van der Waals surface area contributed by atoms with E-state index in [9.17, 15) is 13.9 Å². The van der Waals surface area contributed by atoms with Crippen LogP contribution in [0.2, 0.25) is 5.02 Å². The van der Waals surface area contributed by atoms with Gasteiger partial charge in [-0.1, -0.05) is 29.8 Å². The van der Waals surface area contributed by atoms with Gasteiger partial charge in [-0.15, -0.1) is 4.40 Å². The zero-order chi connectivity index (χ0) is 16.6. The Morgan fingerprint density at radius 3 is 2.52 bits per heavy atom. The summed E-state index contributed by atoms with van der Waals surface area (Å²) in [7, 11) is -2.28. The minimum atomic E-state index is -3.93. The van der Waals surface area contributed by atoms with Crippen molar-refractivity contribution in [3.8, 4) is 0 Å². The van der Waals surface area contributed by atoms with E-state index in [2.05, 4.69) is 9.19 Å². The van der Waals surface area contributed by atoms with Gasteiger partial charge < -0.3 is 10.4 Å². The average Bonchev–Trinajstić information content (AvgIpc) is 2.79. The summed E-state index contributed by atoms with van der Waals surface area (Å²) in [6, 6.07) is 12.8. The van der Waals surface area contributed by atoms with Gasteiger partial charge in [-0.3, -0.25) is 0 Å². The van der Waals surface area contributed by atoms with Gasteiger partial charge >= 0.3 is 5.71 Å². The molecule has 0 bridgehead atoms. The van der Waals surface area contributed by atoms with Crippen LogP contribution < -0.4 is 4.90 Å². The van der Waals surface area contributed by atoms with Crippen LogP contribution in [0.4, 0.5) is 5.69 Å². The predicted molar refractivity (Wildman–Crippen MR) is 88.6 cm³/mol. The lowest BCUT2D eigenvalue weighted by Gasteiger charge is -2.10. The fourth-order valence-electron chi connectivity index (χ4n) is 2.35. The highest BCUT2D eigenvalue weighted by Gasteiger charge is 2.38. The number of amidine groups is 1. The summed E-state index contributed by atoms with van der Waals surface area (Å²) in [5.41, 5.74) is 10.5. The molecular formula is C15H11ClN4O2S. The third kappa shape index (κ3) is 2.66. The Kier molecular flexibility index (Phi) is 3.77. The number of anilines is 1. The Balaban J connectivity index is 2.16. The summed E-state index contributed by atoms with van der Waals surface area (Å²) in [6.45, 7) is 0. The lowest BCUT2D eigenvalue weighted by atomic mass is 10.1. The number of halogens is 1. The summed E-state index contributed by atoms with van der Waals surface area (Å²) in [5, 5.41) is 0.450. The van der Waals surface area contributed by atoms with Crippen molar-refractivity contribution in [2.45, 2.75) is 4.90 Å². The highest BCUT2D eigenvalue weighted by Crippen LogP contribution is 2.31. The zero-order valence-electron chi connectivity index (χ0n) is 12.0. The predicted octanol–water partition coefficient (Wildman–Crippen LogP) is 2.60. The molecule has 0 atom stereocenters. The van der Waals surface area contributed by atoms with Crippen molar-refractivity contribution < 1.29 is 13.2 Å². The minimum Gasteiger partial charge on any atom is -0.361 e. The van der Waals surface area contributed by atoms with Crippen LogP contribution in [0.3, 0.4) is 0 Å². The first kappa shape index (κ1) is 15.4. The Bertz CT molecular complexity index is 964. The van der Waals surface area contributed by atoms with E-state index in [4.69, 9.17) is 11.6 Å². The molecule has 3 rings (SSSR count). The van der Waals surface area contributed by atoms with Gasteiger partial charge in [-0.25, -0.2) is 0 Å². The van der Waals surface area contributed by atoms with E-state index in [0.29, 0.717) is 16.3 Å². The lowest BCUT2D eigenvalue weighted by Crippen LogP contribution is -2.28. The number of fused-ring (bicyclic) bond motifs is 1. The van der Waals surface area contributed by atoms with Crippen LogP contribution in [0.1, 0.15) is 5.56 Å². The quantitative estimate of drug-likeness (QED) is 0.618. The zero-order valence-corrected chi connectivity index (χ0v) is 13.6. The second-order valence-electron chi connectivity index (χ2n) is 4.87. The largest absolute Gasteiger partial charge is 0.367 e. The van der Waals surface area contributed by atoms with E-state index in [1.807, 2.05) is 0 Å². The van der Waals surface area contributed by atoms with Crippen LogP contribution in [-0.4, -0.2) is 31.8 Å². The monoisotopic (exact) mass is 346 g/mol. The third-order valence-corrected chi connectivity index (χ3v) is 4.97. The van der Waals surface area contributed by atoms with Gasteiger partial charge in [-0.2, -0.15) is 13.2 Å². The maximum Gasteiger partial charge on any atom is 0.367 e. The molecule has 0 amide bonds. The summed E-state index contributed by atoms with van der Waals surface area (Å²) < 4.78 is 28.7. The fourth-order valence-corrected chi connectivity index (χ4v) is 3.56. The highest BCUT2D eigenvalue weighted by atomic mass is 35.5. The van der Waals surface area contributed by atoms with E-state index < -0.39 is 10.0 Å². The summed E-state index contributed by atoms with van der Waals surface area (Å²) in [5.74, 6) is 0.0358. The molecule has 2 aromatic carbocycles. The molecule has 1 aliphatic heterocycles. The Morgan fingerprint density at radius 1 is 1.17 bits per heavy atom. The topological polar surface area (TPSA) is 86.1 Å². The average molecular weight is 347 g/mol. The van der Waals surface area contributed by atoms with Crippen LogP contribution in [0.15, 0.2) is 57.8 Å². The van der Waals surface area contributed by atoms with E-state index in [-0.39, 0.29) is 16.4 Å². The highest BCUT2D eigenvalue weighted by molar-refractivity contribution is 7.90. The number of hydrogen-bond acceptors (Lipinski definition) is 2. The molecule has 0 unspecified atom stereocenters. The Hall–Kier alpha value is -2.47. The van der Waals surface area contributed by atoms with Crippen molar-refractivity contribution in [1.82, 2.24) is 0 Å². The van der Waals surface area contributed by atoms with Gasteiger partial charge in [0.15, 0.2) is 0 Å². The van der Waals surface area contributed by atoms with E-state index >= 15 is 0 Å². The van der Waals surface area contributed by atoms with Crippen LogP contribution in [-0.2, 0) is 10.0 Å². The number of benzene rings is 2. The minimum absolute atomic E-state index is 0.0358. The first-order valence-electron chi connectivity index (χ1n) is 6.60. The molecule has 0 aromatic heterocycles. The van der Waals surface area contributed by atoms with Gasteiger partial charge in [0.1, 0.15) is 0 Å². The molecule has 0 saturated carbocycles. The molecule has 0 aliphatic carbocycles. The van der Waals surface area contributed by atoms with Gasteiger partial charge in [0.2, 0.25) is 5.84 Å². The molecule has 1 aliphatic rings. The van der Waals surface area contributed by atoms with E-state index in [1.165, 1.54) is 12.1 Å². The summed E-state index contributed by atoms with van der Waals surface area (Å²) in [6.07, 6.45) is 0. The molecule has 0 N–H and O–H groups in total. The third-order valence-electron chi connectivity index (χ3n) is 3.45. The number of likely N-dealkylation sites (N-methyl/N-ethyl adjacent to an activating group) is 1. The van der Waals surface area contributed by atoms with Gasteiger partial charge in [0, 0.05) is 12.1 Å². The number of hydrogen-bond donors (Lipinski definition) is 0. The molecule has 6 nitrogen and oxygen atoms in total. The number of rotatable bonds is 2. The van der Waals surface area contributed by atoms with Crippen LogP contribution >= 0.6 is 11.6 Å². The van der Waals surface area contributed by atoms with Crippen molar-refractivity contribution in [2.75, 3.05) is 11.9 Å². The van der Waals surface area contributed by atoms with Crippen molar-refractivity contribution in [3.05, 3.63) is 64.6 Å². The summed E-state index contributed by atoms with van der Waals surface area (Å²) >= 11 is 5.96. The van der Waals surface area contributed by atoms with Gasteiger partial charge in [-0.05, 0) is 30.3 Å². The first-order chi connectivity index (χ1) is 10.9. The van der Waals surface area contributed by atoms with Crippen LogP contribution in [0.25, 0.3) is 5.53 Å². The second kappa shape index (κ2) is 5.62. The molecule has 1 heterocycles. The van der Waals surface area contributed by atoms with Gasteiger partial charge in [0.05, 0.1) is 16.1 Å². The molecule has 116 valence electrons. The normalized spacial score (nSPS) is 15.7. The Labute approximate surface area is 138 Å². The first-order valence-corrected chi connectivity index (χ1v) is 8.42. The van der Waals surface area contributed by atoms with Crippen molar-refractivity contribution in [2.24, 2.45) is 4.40 Å². The molecular weight excluding hydrogens is 336 g/mol. The molecule has 0 saturated heterocycles. The number of sulfonamides is 1. The summed E-state index contributed by atoms with van der Waals surface area (Å²) in [4.78, 5) is 4.81. The van der Waals surface area contributed by atoms with Crippen molar-refractivity contribution >= 4 is 38.9 Å². The van der Waals surface area contributed by atoms with Crippen molar-refractivity contribution in [1.29, 1.82) is 0 Å². The molecule has 2 aromatic rings. The maximum atomic E-state index is 12.4. The van der Waals surface area contributed by atoms with E-state index in [1.54, 1.807) is 48.3 Å². The van der Waals surface area contributed by atoms with Crippen LogP contribution in [0.5, 0.6) is 0 Å². The number of nitrogens with zero attached hydrogens (tertiary/aromatic N) is 4. The molecule has 0 fully saturated rings. The van der Waals surface area contributed by atoms with Gasteiger partial charge in [0.25, 0.3) is 10.0 Å². The molecule has 0 radical (unpaired) electrons.